The van der Waals surface area contributed by atoms with Crippen molar-refractivity contribution >= 4 is 17.3 Å². The van der Waals surface area contributed by atoms with Crippen molar-refractivity contribution in [3.63, 3.8) is 0 Å². The highest BCUT2D eigenvalue weighted by Gasteiger charge is 2.31. The number of hydrogen-bond acceptors (Lipinski definition) is 3. The average molecular weight is 262 g/mol. The second-order valence-electron chi connectivity index (χ2n) is 6.37. The van der Waals surface area contributed by atoms with Gasteiger partial charge in [0.15, 0.2) is 0 Å². The first-order valence-corrected chi connectivity index (χ1v) is 6.67. The molecule has 0 aromatic heterocycles. The minimum Gasteiger partial charge on any atom is -0.478 e. The number of carboxylic acids is 1. The molecule has 1 atom stereocenters. The van der Waals surface area contributed by atoms with E-state index in [1.54, 1.807) is 12.1 Å². The molecule has 1 saturated heterocycles. The van der Waals surface area contributed by atoms with Crippen molar-refractivity contribution in [1.82, 2.24) is 0 Å². The number of aromatic carboxylic acids is 1. The van der Waals surface area contributed by atoms with Gasteiger partial charge < -0.3 is 15.7 Å². The molecule has 0 amide bonds. The third-order valence-corrected chi connectivity index (χ3v) is 4.04. The molecular formula is C15H22N2O2. The molecule has 1 heterocycles. The van der Waals surface area contributed by atoms with Crippen LogP contribution in [0.25, 0.3) is 0 Å². The maximum absolute atomic E-state index is 10.9. The van der Waals surface area contributed by atoms with Gasteiger partial charge in [-0.1, -0.05) is 20.8 Å². The Bertz CT molecular complexity index is 491. The molecule has 4 nitrogen and oxygen atoms in total. The van der Waals surface area contributed by atoms with E-state index in [-0.39, 0.29) is 5.56 Å². The Morgan fingerprint density at radius 2 is 2.11 bits per heavy atom. The Morgan fingerprint density at radius 1 is 1.42 bits per heavy atom. The van der Waals surface area contributed by atoms with Gasteiger partial charge in [-0.25, -0.2) is 4.79 Å². The number of carbonyl (C=O) groups is 1. The molecule has 0 bridgehead atoms. The number of rotatable bonds is 2. The number of anilines is 2. The summed E-state index contributed by atoms with van der Waals surface area (Å²) in [5, 5.41) is 8.98. The van der Waals surface area contributed by atoms with E-state index in [4.69, 9.17) is 10.8 Å². The first-order valence-electron chi connectivity index (χ1n) is 6.67. The lowest BCUT2D eigenvalue weighted by molar-refractivity contribution is 0.0698. The van der Waals surface area contributed by atoms with E-state index in [0.717, 1.165) is 18.8 Å². The van der Waals surface area contributed by atoms with Crippen LogP contribution in [0.2, 0.25) is 0 Å². The lowest BCUT2D eigenvalue weighted by Crippen LogP contribution is -2.25. The van der Waals surface area contributed by atoms with Crippen molar-refractivity contribution in [2.24, 2.45) is 11.3 Å². The van der Waals surface area contributed by atoms with Gasteiger partial charge in [-0.05, 0) is 36.0 Å². The summed E-state index contributed by atoms with van der Waals surface area (Å²) in [6, 6.07) is 5.22. The van der Waals surface area contributed by atoms with E-state index in [1.165, 1.54) is 6.42 Å². The number of nitrogen functional groups attached to an aromatic ring is 1. The minimum absolute atomic E-state index is 0.176. The molecule has 1 unspecified atom stereocenters. The minimum atomic E-state index is -0.974. The van der Waals surface area contributed by atoms with Crippen LogP contribution in [-0.4, -0.2) is 24.2 Å². The largest absolute Gasteiger partial charge is 0.478 e. The molecule has 104 valence electrons. The maximum Gasteiger partial charge on any atom is 0.337 e. The number of benzene rings is 1. The van der Waals surface area contributed by atoms with Crippen molar-refractivity contribution in [1.29, 1.82) is 0 Å². The van der Waals surface area contributed by atoms with Gasteiger partial charge in [0.1, 0.15) is 0 Å². The van der Waals surface area contributed by atoms with Crippen molar-refractivity contribution < 1.29 is 9.90 Å². The summed E-state index contributed by atoms with van der Waals surface area (Å²) in [6.07, 6.45) is 1.17. The van der Waals surface area contributed by atoms with Gasteiger partial charge in [0.25, 0.3) is 0 Å². The summed E-state index contributed by atoms with van der Waals surface area (Å²) in [4.78, 5) is 13.2. The highest BCUT2D eigenvalue weighted by molar-refractivity contribution is 5.94. The fraction of sp³-hybridized carbons (Fsp3) is 0.533. The van der Waals surface area contributed by atoms with Crippen LogP contribution in [0.5, 0.6) is 0 Å². The van der Waals surface area contributed by atoms with Crippen LogP contribution in [-0.2, 0) is 0 Å². The predicted octanol–water partition coefficient (Wildman–Crippen LogP) is 2.84. The number of hydrogen-bond donors (Lipinski definition) is 2. The summed E-state index contributed by atoms with van der Waals surface area (Å²) in [5.74, 6) is -0.314. The van der Waals surface area contributed by atoms with Gasteiger partial charge in [0.2, 0.25) is 0 Å². The van der Waals surface area contributed by atoms with Gasteiger partial charge in [0, 0.05) is 24.5 Å². The zero-order valence-corrected chi connectivity index (χ0v) is 11.8. The molecule has 0 spiro atoms. The summed E-state index contributed by atoms with van der Waals surface area (Å²) in [6.45, 7) is 8.82. The highest BCUT2D eigenvalue weighted by atomic mass is 16.4. The summed E-state index contributed by atoms with van der Waals surface area (Å²) < 4.78 is 0. The molecule has 2 rings (SSSR count). The van der Waals surface area contributed by atoms with E-state index in [0.29, 0.717) is 17.0 Å². The van der Waals surface area contributed by atoms with E-state index in [2.05, 4.69) is 25.7 Å². The van der Waals surface area contributed by atoms with Gasteiger partial charge in [0.05, 0.1) is 5.56 Å². The Labute approximate surface area is 114 Å². The lowest BCUT2D eigenvalue weighted by Gasteiger charge is -2.27. The highest BCUT2D eigenvalue weighted by Crippen LogP contribution is 2.36. The molecule has 3 N–H and O–H groups in total. The lowest BCUT2D eigenvalue weighted by atomic mass is 9.80. The summed E-state index contributed by atoms with van der Waals surface area (Å²) in [7, 11) is 0. The molecular weight excluding hydrogens is 240 g/mol. The van der Waals surface area contributed by atoms with Crippen LogP contribution in [0, 0.1) is 11.3 Å². The fourth-order valence-corrected chi connectivity index (χ4v) is 2.64. The van der Waals surface area contributed by atoms with Crippen molar-refractivity contribution in [3.05, 3.63) is 23.8 Å². The Kier molecular flexibility index (Phi) is 3.43. The van der Waals surface area contributed by atoms with E-state index in [1.807, 2.05) is 6.07 Å². The van der Waals surface area contributed by atoms with Gasteiger partial charge in [-0.2, -0.15) is 0 Å². The van der Waals surface area contributed by atoms with Crippen LogP contribution in [0.3, 0.4) is 0 Å². The molecule has 0 radical (unpaired) electrons. The standard InChI is InChI=1S/C15H22N2O2/c1-15(2,3)10-6-7-17(9-10)11-4-5-12(14(18)19)13(16)8-11/h4-5,8,10H,6-7,9,16H2,1-3H3,(H,18,19). The van der Waals surface area contributed by atoms with Crippen molar-refractivity contribution in [2.75, 3.05) is 23.7 Å². The van der Waals surface area contributed by atoms with Gasteiger partial charge >= 0.3 is 5.97 Å². The van der Waals surface area contributed by atoms with Crippen molar-refractivity contribution in [2.45, 2.75) is 27.2 Å². The Hall–Kier alpha value is -1.71. The van der Waals surface area contributed by atoms with Gasteiger partial charge in [-0.3, -0.25) is 0 Å². The number of nitrogens with two attached hydrogens (primary N) is 1. The number of carboxylic acid groups (broad SMARTS) is 1. The molecule has 0 aliphatic carbocycles. The van der Waals surface area contributed by atoms with Crippen LogP contribution in [0.15, 0.2) is 18.2 Å². The fourth-order valence-electron chi connectivity index (χ4n) is 2.64. The molecule has 1 aliphatic rings. The first-order chi connectivity index (χ1) is 8.79. The van der Waals surface area contributed by atoms with E-state index in [9.17, 15) is 4.79 Å². The smallest absolute Gasteiger partial charge is 0.337 e. The summed E-state index contributed by atoms with van der Waals surface area (Å²) >= 11 is 0. The van der Waals surface area contributed by atoms with E-state index >= 15 is 0 Å². The third-order valence-electron chi connectivity index (χ3n) is 4.04. The quantitative estimate of drug-likeness (QED) is 0.804. The monoisotopic (exact) mass is 262 g/mol. The van der Waals surface area contributed by atoms with Gasteiger partial charge in [-0.15, -0.1) is 0 Å². The molecule has 0 saturated carbocycles. The predicted molar refractivity (Wildman–Crippen MR) is 77.6 cm³/mol. The molecule has 1 aliphatic heterocycles. The topological polar surface area (TPSA) is 66.6 Å². The summed E-state index contributed by atoms with van der Waals surface area (Å²) in [5.41, 5.74) is 7.65. The maximum atomic E-state index is 10.9. The van der Waals surface area contributed by atoms with Crippen LogP contribution < -0.4 is 10.6 Å². The normalized spacial score (nSPS) is 19.7. The Balaban J connectivity index is 2.16. The zero-order valence-electron chi connectivity index (χ0n) is 11.8. The second-order valence-corrected chi connectivity index (χ2v) is 6.37. The second kappa shape index (κ2) is 4.76. The van der Waals surface area contributed by atoms with E-state index < -0.39 is 5.97 Å². The number of nitrogens with zero attached hydrogens (tertiary/aromatic N) is 1. The molecule has 1 fully saturated rings. The molecule has 1 aromatic rings. The van der Waals surface area contributed by atoms with Crippen LogP contribution >= 0.6 is 0 Å². The molecule has 1 aromatic carbocycles. The zero-order chi connectivity index (χ0) is 14.2. The van der Waals surface area contributed by atoms with Crippen LogP contribution in [0.4, 0.5) is 11.4 Å². The molecule has 4 heteroatoms. The SMILES string of the molecule is CC(C)(C)C1CCN(c2ccc(C(=O)O)c(N)c2)C1. The van der Waals surface area contributed by atoms with Crippen LogP contribution in [0.1, 0.15) is 37.6 Å². The van der Waals surface area contributed by atoms with Crippen molar-refractivity contribution in [3.8, 4) is 0 Å². The average Bonchev–Trinajstić information content (AvgIpc) is 2.76. The third kappa shape index (κ3) is 2.83. The molecule has 19 heavy (non-hydrogen) atoms. The Morgan fingerprint density at radius 3 is 2.58 bits per heavy atom. The first kappa shape index (κ1) is 13.7.